The summed E-state index contributed by atoms with van der Waals surface area (Å²) in [6.07, 6.45) is 1.14. The molecule has 1 fully saturated rings. The van der Waals surface area contributed by atoms with Crippen LogP contribution in [0.5, 0.6) is 0 Å². The quantitative estimate of drug-likeness (QED) is 0.659. The zero-order chi connectivity index (χ0) is 10.6. The van der Waals surface area contributed by atoms with Gasteiger partial charge < -0.3 is 15.5 Å². The molecule has 0 aromatic carbocycles. The number of nitrogens with one attached hydrogen (secondary N) is 2. The van der Waals surface area contributed by atoms with Crippen LogP contribution in [0.3, 0.4) is 0 Å². The van der Waals surface area contributed by atoms with Crippen LogP contribution < -0.4 is 10.6 Å². The molecule has 1 saturated heterocycles. The molecule has 1 amide bonds. The molecule has 0 bridgehead atoms. The van der Waals surface area contributed by atoms with Crippen molar-refractivity contribution in [3.8, 4) is 0 Å². The van der Waals surface area contributed by atoms with Crippen LogP contribution in [0.2, 0.25) is 0 Å². The zero-order valence-electron chi connectivity index (χ0n) is 9.34. The number of likely N-dealkylation sites (N-methyl/N-ethyl adjacent to an activating group) is 1. The minimum atomic E-state index is 0.0922. The highest BCUT2D eigenvalue weighted by molar-refractivity contribution is 5.78. The van der Waals surface area contributed by atoms with Gasteiger partial charge in [-0.15, -0.1) is 0 Å². The second-order valence-corrected chi connectivity index (χ2v) is 4.35. The fraction of sp³-hybridized carbons (Fsp3) is 0.900. The van der Waals surface area contributed by atoms with Crippen molar-refractivity contribution < 1.29 is 4.79 Å². The van der Waals surface area contributed by atoms with E-state index in [1.165, 1.54) is 0 Å². The predicted molar refractivity (Wildman–Crippen MR) is 57.2 cm³/mol. The van der Waals surface area contributed by atoms with Gasteiger partial charge in [0, 0.05) is 18.6 Å². The number of hydrogen-bond donors (Lipinski definition) is 2. The Balaban J connectivity index is 2.11. The molecule has 1 aliphatic rings. The fourth-order valence-electron chi connectivity index (χ4n) is 1.71. The molecule has 1 rings (SSSR count). The van der Waals surface area contributed by atoms with Crippen LogP contribution in [0.25, 0.3) is 0 Å². The standard InChI is InChI=1S/C10H21N3O/c1-8(2)12-10(14)6-11-9-4-5-13(3)7-9/h8-9,11H,4-7H2,1-3H3,(H,12,14). The molecule has 0 spiro atoms. The van der Waals surface area contributed by atoms with Crippen LogP contribution >= 0.6 is 0 Å². The highest BCUT2D eigenvalue weighted by Crippen LogP contribution is 2.05. The van der Waals surface area contributed by atoms with Crippen molar-refractivity contribution in [2.75, 3.05) is 26.7 Å². The van der Waals surface area contributed by atoms with Crippen LogP contribution in [0.15, 0.2) is 0 Å². The van der Waals surface area contributed by atoms with E-state index in [0.29, 0.717) is 12.6 Å². The average molecular weight is 199 g/mol. The number of amides is 1. The highest BCUT2D eigenvalue weighted by atomic mass is 16.1. The van der Waals surface area contributed by atoms with Gasteiger partial charge in [-0.3, -0.25) is 4.79 Å². The smallest absolute Gasteiger partial charge is 0.234 e. The van der Waals surface area contributed by atoms with Gasteiger partial charge in [-0.1, -0.05) is 0 Å². The summed E-state index contributed by atoms with van der Waals surface area (Å²) in [7, 11) is 2.11. The molecular formula is C10H21N3O. The van der Waals surface area contributed by atoms with Crippen molar-refractivity contribution in [2.24, 2.45) is 0 Å². The van der Waals surface area contributed by atoms with Gasteiger partial charge in [0.2, 0.25) is 5.91 Å². The maximum Gasteiger partial charge on any atom is 0.234 e. The largest absolute Gasteiger partial charge is 0.353 e. The summed E-state index contributed by atoms with van der Waals surface area (Å²) in [6, 6.07) is 0.716. The Labute approximate surface area is 86.0 Å². The molecule has 0 aromatic heterocycles. The minimum absolute atomic E-state index is 0.0922. The Morgan fingerprint density at radius 2 is 2.29 bits per heavy atom. The first-order valence-corrected chi connectivity index (χ1v) is 5.29. The first kappa shape index (κ1) is 11.5. The van der Waals surface area contributed by atoms with Crippen LogP contribution in [0, 0.1) is 0 Å². The van der Waals surface area contributed by atoms with Gasteiger partial charge in [-0.2, -0.15) is 0 Å². The molecule has 1 atom stereocenters. The Morgan fingerprint density at radius 1 is 1.57 bits per heavy atom. The number of nitrogens with zero attached hydrogens (tertiary/aromatic N) is 1. The summed E-state index contributed by atoms with van der Waals surface area (Å²) < 4.78 is 0. The van der Waals surface area contributed by atoms with E-state index in [2.05, 4.69) is 22.6 Å². The fourth-order valence-corrected chi connectivity index (χ4v) is 1.71. The summed E-state index contributed by atoms with van der Waals surface area (Å²) in [5.74, 6) is 0.0922. The lowest BCUT2D eigenvalue weighted by atomic mass is 10.2. The lowest BCUT2D eigenvalue weighted by Crippen LogP contribution is -2.42. The molecule has 0 aromatic rings. The third kappa shape index (κ3) is 4.07. The third-order valence-corrected chi connectivity index (χ3v) is 2.39. The van der Waals surface area contributed by atoms with Crippen LogP contribution in [-0.4, -0.2) is 49.6 Å². The molecular weight excluding hydrogens is 178 g/mol. The summed E-state index contributed by atoms with van der Waals surface area (Å²) >= 11 is 0. The topological polar surface area (TPSA) is 44.4 Å². The maximum absolute atomic E-state index is 11.3. The molecule has 1 aliphatic heterocycles. The van der Waals surface area contributed by atoms with Gasteiger partial charge >= 0.3 is 0 Å². The van der Waals surface area contributed by atoms with E-state index in [-0.39, 0.29) is 11.9 Å². The van der Waals surface area contributed by atoms with E-state index >= 15 is 0 Å². The molecule has 0 radical (unpaired) electrons. The summed E-state index contributed by atoms with van der Waals surface area (Å²) in [5.41, 5.74) is 0. The number of rotatable bonds is 4. The van der Waals surface area contributed by atoms with Gasteiger partial charge in [0.25, 0.3) is 0 Å². The maximum atomic E-state index is 11.3. The summed E-state index contributed by atoms with van der Waals surface area (Å²) in [6.45, 7) is 6.57. The second-order valence-electron chi connectivity index (χ2n) is 4.35. The van der Waals surface area contributed by atoms with E-state index in [9.17, 15) is 4.79 Å². The van der Waals surface area contributed by atoms with Crippen LogP contribution in [-0.2, 0) is 4.79 Å². The van der Waals surface area contributed by atoms with Crippen molar-refractivity contribution in [2.45, 2.75) is 32.4 Å². The second kappa shape index (κ2) is 5.32. The molecule has 0 aliphatic carbocycles. The lowest BCUT2D eigenvalue weighted by molar-refractivity contribution is -0.120. The molecule has 2 N–H and O–H groups in total. The molecule has 14 heavy (non-hydrogen) atoms. The SMILES string of the molecule is CC(C)NC(=O)CNC1CCN(C)C1. The van der Waals surface area contributed by atoms with Crippen molar-refractivity contribution in [3.05, 3.63) is 0 Å². The third-order valence-electron chi connectivity index (χ3n) is 2.39. The summed E-state index contributed by atoms with van der Waals surface area (Å²) in [5, 5.41) is 6.13. The van der Waals surface area contributed by atoms with E-state index in [0.717, 1.165) is 19.5 Å². The van der Waals surface area contributed by atoms with E-state index < -0.39 is 0 Å². The minimum Gasteiger partial charge on any atom is -0.353 e. The number of carbonyl (C=O) groups excluding carboxylic acids is 1. The first-order chi connectivity index (χ1) is 6.58. The first-order valence-electron chi connectivity index (χ1n) is 5.29. The molecule has 1 unspecified atom stereocenters. The molecule has 1 heterocycles. The monoisotopic (exact) mass is 199 g/mol. The van der Waals surface area contributed by atoms with Crippen molar-refractivity contribution >= 4 is 5.91 Å². The molecule has 4 nitrogen and oxygen atoms in total. The van der Waals surface area contributed by atoms with Gasteiger partial charge in [0.1, 0.15) is 0 Å². The van der Waals surface area contributed by atoms with Gasteiger partial charge in [0.15, 0.2) is 0 Å². The normalized spacial score (nSPS) is 23.0. The average Bonchev–Trinajstić information content (AvgIpc) is 2.47. The van der Waals surface area contributed by atoms with E-state index in [4.69, 9.17) is 0 Å². The van der Waals surface area contributed by atoms with Gasteiger partial charge in [-0.05, 0) is 33.9 Å². The highest BCUT2D eigenvalue weighted by Gasteiger charge is 2.19. The number of hydrogen-bond acceptors (Lipinski definition) is 3. The molecule has 4 heteroatoms. The number of likely N-dealkylation sites (tertiary alicyclic amines) is 1. The van der Waals surface area contributed by atoms with Crippen LogP contribution in [0.1, 0.15) is 20.3 Å². The Bertz CT molecular complexity index is 194. The zero-order valence-corrected chi connectivity index (χ0v) is 9.34. The van der Waals surface area contributed by atoms with Gasteiger partial charge in [-0.25, -0.2) is 0 Å². The van der Waals surface area contributed by atoms with Crippen molar-refractivity contribution in [3.63, 3.8) is 0 Å². The molecule has 0 saturated carbocycles. The Hall–Kier alpha value is -0.610. The lowest BCUT2D eigenvalue weighted by Gasteiger charge is -2.13. The predicted octanol–water partition coefficient (Wildman–Crippen LogP) is -0.195. The Morgan fingerprint density at radius 3 is 2.79 bits per heavy atom. The Kier molecular flexibility index (Phi) is 4.35. The molecule has 82 valence electrons. The summed E-state index contributed by atoms with van der Waals surface area (Å²) in [4.78, 5) is 13.6. The van der Waals surface area contributed by atoms with Crippen LogP contribution in [0.4, 0.5) is 0 Å². The van der Waals surface area contributed by atoms with Crippen molar-refractivity contribution in [1.29, 1.82) is 0 Å². The van der Waals surface area contributed by atoms with Gasteiger partial charge in [0.05, 0.1) is 6.54 Å². The van der Waals surface area contributed by atoms with E-state index in [1.807, 2.05) is 13.8 Å². The van der Waals surface area contributed by atoms with Crippen molar-refractivity contribution in [1.82, 2.24) is 15.5 Å². The number of carbonyl (C=O) groups is 1. The van der Waals surface area contributed by atoms with E-state index in [1.54, 1.807) is 0 Å².